The van der Waals surface area contributed by atoms with Gasteiger partial charge in [0.1, 0.15) is 0 Å². The van der Waals surface area contributed by atoms with E-state index in [9.17, 15) is 4.79 Å². The standard InChI is InChI=1S/C22H28N2O/c1-6-17-7-11-19(12-8-17)16(2)23-24-21(25)15-18-9-13-20(14-10-18)22(3,4)5/h7-14H,6,15H2,1-5H3,(H,24,25)/b23-16-. The summed E-state index contributed by atoms with van der Waals surface area (Å²) in [6.45, 7) is 10.6. The predicted molar refractivity (Wildman–Crippen MR) is 105 cm³/mol. The van der Waals surface area contributed by atoms with Crippen molar-refractivity contribution in [2.75, 3.05) is 0 Å². The topological polar surface area (TPSA) is 41.5 Å². The van der Waals surface area contributed by atoms with Crippen molar-refractivity contribution < 1.29 is 4.79 Å². The smallest absolute Gasteiger partial charge is 0.244 e. The minimum absolute atomic E-state index is 0.104. The summed E-state index contributed by atoms with van der Waals surface area (Å²) < 4.78 is 0. The van der Waals surface area contributed by atoms with Gasteiger partial charge in [0, 0.05) is 0 Å². The number of carbonyl (C=O) groups is 1. The minimum Gasteiger partial charge on any atom is -0.273 e. The van der Waals surface area contributed by atoms with Crippen LogP contribution in [0.15, 0.2) is 53.6 Å². The third kappa shape index (κ3) is 5.56. The molecule has 3 heteroatoms. The molecule has 0 fully saturated rings. The van der Waals surface area contributed by atoms with Gasteiger partial charge in [-0.2, -0.15) is 5.10 Å². The number of amides is 1. The summed E-state index contributed by atoms with van der Waals surface area (Å²) in [6.07, 6.45) is 1.34. The molecule has 0 bridgehead atoms. The zero-order valence-corrected chi connectivity index (χ0v) is 15.9. The summed E-state index contributed by atoms with van der Waals surface area (Å²) in [5, 5.41) is 4.22. The lowest BCUT2D eigenvalue weighted by Gasteiger charge is -2.19. The van der Waals surface area contributed by atoms with Gasteiger partial charge in [0.15, 0.2) is 0 Å². The van der Waals surface area contributed by atoms with Gasteiger partial charge >= 0.3 is 0 Å². The Morgan fingerprint density at radius 3 is 2.04 bits per heavy atom. The molecule has 2 aromatic rings. The molecule has 0 aliphatic heterocycles. The number of nitrogens with one attached hydrogen (secondary N) is 1. The van der Waals surface area contributed by atoms with Crippen LogP contribution < -0.4 is 5.43 Å². The molecule has 25 heavy (non-hydrogen) atoms. The molecule has 1 N–H and O–H groups in total. The van der Waals surface area contributed by atoms with E-state index < -0.39 is 0 Å². The Morgan fingerprint density at radius 1 is 0.960 bits per heavy atom. The first-order valence-corrected chi connectivity index (χ1v) is 8.81. The second-order valence-corrected chi connectivity index (χ2v) is 7.41. The SMILES string of the molecule is CCc1ccc(/C(C)=N\NC(=O)Cc2ccc(C(C)(C)C)cc2)cc1. The van der Waals surface area contributed by atoms with Gasteiger partial charge in [-0.15, -0.1) is 0 Å². The second-order valence-electron chi connectivity index (χ2n) is 7.41. The van der Waals surface area contributed by atoms with E-state index in [-0.39, 0.29) is 11.3 Å². The number of carbonyl (C=O) groups excluding carboxylic acids is 1. The van der Waals surface area contributed by atoms with Crippen molar-refractivity contribution in [2.24, 2.45) is 5.10 Å². The lowest BCUT2D eigenvalue weighted by atomic mass is 9.86. The highest BCUT2D eigenvalue weighted by Crippen LogP contribution is 2.22. The molecule has 1 amide bonds. The Kier molecular flexibility index (Phi) is 6.13. The number of rotatable bonds is 5. The summed E-state index contributed by atoms with van der Waals surface area (Å²) in [6, 6.07) is 16.5. The molecule has 0 atom stereocenters. The van der Waals surface area contributed by atoms with E-state index in [0.717, 1.165) is 23.3 Å². The second kappa shape index (κ2) is 8.11. The number of benzene rings is 2. The zero-order chi connectivity index (χ0) is 18.4. The molecular weight excluding hydrogens is 308 g/mol. The molecule has 2 rings (SSSR count). The number of nitrogens with zero attached hydrogens (tertiary/aromatic N) is 1. The first kappa shape index (κ1) is 18.9. The van der Waals surface area contributed by atoms with Crippen LogP contribution in [0.2, 0.25) is 0 Å². The molecule has 2 aromatic carbocycles. The highest BCUT2D eigenvalue weighted by Gasteiger charge is 2.13. The van der Waals surface area contributed by atoms with E-state index in [2.05, 4.69) is 62.5 Å². The number of aryl methyl sites for hydroxylation is 1. The highest BCUT2D eigenvalue weighted by molar-refractivity contribution is 5.99. The maximum atomic E-state index is 12.1. The Hall–Kier alpha value is -2.42. The fourth-order valence-corrected chi connectivity index (χ4v) is 2.54. The van der Waals surface area contributed by atoms with E-state index in [1.807, 2.05) is 31.2 Å². The summed E-state index contributed by atoms with van der Waals surface area (Å²) in [5.41, 5.74) is 8.14. The predicted octanol–water partition coefficient (Wildman–Crippen LogP) is 4.63. The van der Waals surface area contributed by atoms with Crippen molar-refractivity contribution in [3.8, 4) is 0 Å². The molecule has 0 aliphatic carbocycles. The van der Waals surface area contributed by atoms with Crippen LogP contribution in [0.1, 0.15) is 56.9 Å². The lowest BCUT2D eigenvalue weighted by molar-refractivity contribution is -0.120. The van der Waals surface area contributed by atoms with Gasteiger partial charge in [0.25, 0.3) is 0 Å². The molecule has 0 saturated carbocycles. The van der Waals surface area contributed by atoms with Gasteiger partial charge in [0.2, 0.25) is 5.91 Å². The van der Waals surface area contributed by atoms with E-state index in [1.165, 1.54) is 11.1 Å². The van der Waals surface area contributed by atoms with E-state index in [1.54, 1.807) is 0 Å². The molecule has 0 spiro atoms. The first-order valence-electron chi connectivity index (χ1n) is 8.81. The Bertz CT molecular complexity index is 735. The van der Waals surface area contributed by atoms with Crippen LogP contribution >= 0.6 is 0 Å². The van der Waals surface area contributed by atoms with Crippen LogP contribution in [0.4, 0.5) is 0 Å². The van der Waals surface area contributed by atoms with Gasteiger partial charge in [-0.05, 0) is 41.0 Å². The first-order chi connectivity index (χ1) is 11.8. The molecule has 0 aromatic heterocycles. The molecular formula is C22H28N2O. The van der Waals surface area contributed by atoms with Gasteiger partial charge in [-0.1, -0.05) is 76.2 Å². The number of hydrazone groups is 1. The van der Waals surface area contributed by atoms with E-state index in [4.69, 9.17) is 0 Å². The van der Waals surface area contributed by atoms with Gasteiger partial charge < -0.3 is 0 Å². The van der Waals surface area contributed by atoms with Crippen LogP contribution in [0, 0.1) is 0 Å². The van der Waals surface area contributed by atoms with Crippen molar-refractivity contribution in [1.29, 1.82) is 0 Å². The summed E-state index contributed by atoms with van der Waals surface area (Å²) in [5.74, 6) is -0.104. The van der Waals surface area contributed by atoms with Crippen LogP contribution in [-0.4, -0.2) is 11.6 Å². The molecule has 0 aliphatic rings. The van der Waals surface area contributed by atoms with Crippen molar-refractivity contribution in [1.82, 2.24) is 5.43 Å². The fraction of sp³-hybridized carbons (Fsp3) is 0.364. The molecule has 0 radical (unpaired) electrons. The van der Waals surface area contributed by atoms with Crippen LogP contribution in [0.5, 0.6) is 0 Å². The maximum Gasteiger partial charge on any atom is 0.244 e. The Labute approximate surface area is 151 Å². The van der Waals surface area contributed by atoms with E-state index in [0.29, 0.717) is 6.42 Å². The molecule has 0 unspecified atom stereocenters. The average molecular weight is 336 g/mol. The summed E-state index contributed by atoms with van der Waals surface area (Å²) >= 11 is 0. The monoisotopic (exact) mass is 336 g/mol. The summed E-state index contributed by atoms with van der Waals surface area (Å²) in [7, 11) is 0. The quantitative estimate of drug-likeness (QED) is 0.628. The highest BCUT2D eigenvalue weighted by atomic mass is 16.2. The van der Waals surface area contributed by atoms with Crippen molar-refractivity contribution in [3.63, 3.8) is 0 Å². The lowest BCUT2D eigenvalue weighted by Crippen LogP contribution is -2.21. The Morgan fingerprint density at radius 2 is 1.52 bits per heavy atom. The van der Waals surface area contributed by atoms with Gasteiger partial charge in [-0.3, -0.25) is 4.79 Å². The zero-order valence-electron chi connectivity index (χ0n) is 15.9. The normalized spacial score (nSPS) is 12.1. The minimum atomic E-state index is -0.104. The van der Waals surface area contributed by atoms with Crippen LogP contribution in [-0.2, 0) is 23.1 Å². The average Bonchev–Trinajstić information content (AvgIpc) is 2.59. The largest absolute Gasteiger partial charge is 0.273 e. The third-order valence-corrected chi connectivity index (χ3v) is 4.31. The fourth-order valence-electron chi connectivity index (χ4n) is 2.54. The molecule has 0 saturated heterocycles. The van der Waals surface area contributed by atoms with Crippen LogP contribution in [0.3, 0.4) is 0 Å². The number of hydrogen-bond acceptors (Lipinski definition) is 2. The molecule has 0 heterocycles. The van der Waals surface area contributed by atoms with Gasteiger partial charge in [0.05, 0.1) is 12.1 Å². The third-order valence-electron chi connectivity index (χ3n) is 4.31. The van der Waals surface area contributed by atoms with Crippen LogP contribution in [0.25, 0.3) is 0 Å². The van der Waals surface area contributed by atoms with Gasteiger partial charge in [-0.25, -0.2) is 5.43 Å². The van der Waals surface area contributed by atoms with Crippen molar-refractivity contribution in [3.05, 3.63) is 70.8 Å². The summed E-state index contributed by atoms with van der Waals surface area (Å²) in [4.78, 5) is 12.1. The van der Waals surface area contributed by atoms with E-state index >= 15 is 0 Å². The molecule has 3 nitrogen and oxygen atoms in total. The maximum absolute atomic E-state index is 12.1. The Balaban J connectivity index is 1.95. The van der Waals surface area contributed by atoms with Crippen molar-refractivity contribution >= 4 is 11.6 Å². The van der Waals surface area contributed by atoms with Crippen molar-refractivity contribution in [2.45, 2.75) is 52.9 Å². The number of hydrogen-bond donors (Lipinski definition) is 1. The molecule has 132 valence electrons.